The van der Waals surface area contributed by atoms with E-state index in [1.807, 2.05) is 0 Å². The van der Waals surface area contributed by atoms with Crippen molar-refractivity contribution in [2.75, 3.05) is 20.7 Å². The van der Waals surface area contributed by atoms with Crippen LogP contribution in [0.5, 0.6) is 5.88 Å². The molecule has 0 amide bonds. The summed E-state index contributed by atoms with van der Waals surface area (Å²) >= 11 is 0. The van der Waals surface area contributed by atoms with Crippen LogP contribution in [0.25, 0.3) is 0 Å². The summed E-state index contributed by atoms with van der Waals surface area (Å²) in [5, 5.41) is 0. The lowest BCUT2D eigenvalue weighted by molar-refractivity contribution is -0.111. The average molecular weight is 288 g/mol. The van der Waals surface area contributed by atoms with E-state index >= 15 is 0 Å². The standard InChI is InChI=1S/C15H20N4O2/c1-9-7-17-14(11(20)5-6-16-3)12-13(10(9)2)18-8-19-15(12)21-4/h6,8-10H,5,7H2,1-4H3. The van der Waals surface area contributed by atoms with Gasteiger partial charge in [-0.1, -0.05) is 13.8 Å². The molecule has 1 aromatic heterocycles. The number of rotatable bonds is 4. The quantitative estimate of drug-likeness (QED) is 0.790. The van der Waals surface area contributed by atoms with E-state index in [4.69, 9.17) is 4.74 Å². The second-order valence-corrected chi connectivity index (χ2v) is 5.17. The highest BCUT2D eigenvalue weighted by atomic mass is 16.5. The van der Waals surface area contributed by atoms with Crippen molar-refractivity contribution in [2.45, 2.75) is 26.2 Å². The zero-order chi connectivity index (χ0) is 15.4. The molecule has 1 aliphatic heterocycles. The molecule has 1 aromatic rings. The van der Waals surface area contributed by atoms with Crippen LogP contribution in [0.15, 0.2) is 16.3 Å². The molecule has 2 rings (SSSR count). The van der Waals surface area contributed by atoms with Crippen molar-refractivity contribution in [1.82, 2.24) is 9.97 Å². The minimum absolute atomic E-state index is 0.0868. The molecule has 0 fully saturated rings. The third-order valence-electron chi connectivity index (χ3n) is 3.82. The summed E-state index contributed by atoms with van der Waals surface area (Å²) in [6, 6.07) is 0. The lowest BCUT2D eigenvalue weighted by Gasteiger charge is -2.17. The van der Waals surface area contributed by atoms with Gasteiger partial charge in [0.25, 0.3) is 0 Å². The molecule has 6 heteroatoms. The molecule has 0 saturated heterocycles. The minimum Gasteiger partial charge on any atom is -0.480 e. The van der Waals surface area contributed by atoms with Crippen LogP contribution in [0.4, 0.5) is 0 Å². The van der Waals surface area contributed by atoms with Crippen LogP contribution in [0.3, 0.4) is 0 Å². The number of aliphatic imine (C=N–C) groups is 2. The second-order valence-electron chi connectivity index (χ2n) is 5.17. The van der Waals surface area contributed by atoms with Gasteiger partial charge in [-0.05, 0) is 5.92 Å². The first kappa shape index (κ1) is 15.3. The molecule has 2 unspecified atom stereocenters. The van der Waals surface area contributed by atoms with Gasteiger partial charge in [-0.3, -0.25) is 9.79 Å². The largest absolute Gasteiger partial charge is 0.480 e. The molecule has 112 valence electrons. The maximum atomic E-state index is 12.4. The predicted octanol–water partition coefficient (Wildman–Crippen LogP) is 1.69. The van der Waals surface area contributed by atoms with Crippen LogP contribution < -0.4 is 4.74 Å². The fourth-order valence-corrected chi connectivity index (χ4v) is 2.35. The number of carbonyl (C=O) groups is 1. The molecule has 2 atom stereocenters. The fraction of sp³-hybridized carbons (Fsp3) is 0.533. The van der Waals surface area contributed by atoms with Crippen LogP contribution >= 0.6 is 0 Å². The first-order valence-corrected chi connectivity index (χ1v) is 6.97. The molecule has 2 heterocycles. The predicted molar refractivity (Wildman–Crippen MR) is 81.6 cm³/mol. The van der Waals surface area contributed by atoms with Crippen LogP contribution in [0.1, 0.15) is 37.4 Å². The van der Waals surface area contributed by atoms with E-state index in [1.165, 1.54) is 13.4 Å². The SMILES string of the molecule is CN=CCC(=O)C1=NCC(C)C(C)c2ncnc(OC)c21. The number of ether oxygens (including phenoxy) is 1. The number of fused-ring (bicyclic) bond motifs is 1. The lowest BCUT2D eigenvalue weighted by Crippen LogP contribution is -2.20. The maximum Gasteiger partial charge on any atom is 0.226 e. The Kier molecular flexibility index (Phi) is 4.77. The summed E-state index contributed by atoms with van der Waals surface area (Å²) in [4.78, 5) is 29.3. The Morgan fingerprint density at radius 2 is 2.24 bits per heavy atom. The second kappa shape index (κ2) is 6.56. The summed E-state index contributed by atoms with van der Waals surface area (Å²) in [7, 11) is 3.18. The number of hydrogen-bond donors (Lipinski definition) is 0. The highest BCUT2D eigenvalue weighted by molar-refractivity contribution is 6.48. The van der Waals surface area contributed by atoms with Crippen molar-refractivity contribution >= 4 is 17.7 Å². The first-order chi connectivity index (χ1) is 10.1. The Morgan fingerprint density at radius 3 is 2.90 bits per heavy atom. The van der Waals surface area contributed by atoms with E-state index in [9.17, 15) is 4.79 Å². The lowest BCUT2D eigenvalue weighted by atomic mass is 9.90. The molecule has 1 aliphatic rings. The number of methoxy groups -OCH3 is 1. The number of nitrogens with zero attached hydrogens (tertiary/aromatic N) is 4. The Labute approximate surface area is 124 Å². The van der Waals surface area contributed by atoms with Crippen LogP contribution in [0.2, 0.25) is 0 Å². The summed E-state index contributed by atoms with van der Waals surface area (Å²) < 4.78 is 5.32. The molecule has 0 spiro atoms. The third kappa shape index (κ3) is 2.99. The molecule has 0 aliphatic carbocycles. The van der Waals surface area contributed by atoms with Gasteiger partial charge >= 0.3 is 0 Å². The monoisotopic (exact) mass is 288 g/mol. The third-order valence-corrected chi connectivity index (χ3v) is 3.82. The molecular weight excluding hydrogens is 268 g/mol. The first-order valence-electron chi connectivity index (χ1n) is 6.97. The van der Waals surface area contributed by atoms with Gasteiger partial charge in [0.05, 0.1) is 18.4 Å². The zero-order valence-corrected chi connectivity index (χ0v) is 12.8. The number of hydrogen-bond acceptors (Lipinski definition) is 6. The molecule has 0 saturated carbocycles. The highest BCUT2D eigenvalue weighted by Gasteiger charge is 2.30. The van der Waals surface area contributed by atoms with E-state index < -0.39 is 0 Å². The average Bonchev–Trinajstić information content (AvgIpc) is 2.63. The number of aromatic nitrogens is 2. The van der Waals surface area contributed by atoms with Gasteiger partial charge in [-0.15, -0.1) is 0 Å². The fourth-order valence-electron chi connectivity index (χ4n) is 2.35. The molecular formula is C15H20N4O2. The Morgan fingerprint density at radius 1 is 1.48 bits per heavy atom. The van der Waals surface area contributed by atoms with E-state index in [0.717, 1.165) is 5.69 Å². The topological polar surface area (TPSA) is 76.8 Å². The Hall–Kier alpha value is -2.11. The highest BCUT2D eigenvalue weighted by Crippen LogP contribution is 2.32. The van der Waals surface area contributed by atoms with Gasteiger partial charge in [0.2, 0.25) is 5.88 Å². The Bertz CT molecular complexity index is 595. The summed E-state index contributed by atoms with van der Waals surface area (Å²) in [6.45, 7) is 4.78. The zero-order valence-electron chi connectivity index (χ0n) is 12.8. The molecule has 6 nitrogen and oxygen atoms in total. The van der Waals surface area contributed by atoms with Gasteiger partial charge in [0.1, 0.15) is 12.0 Å². The van der Waals surface area contributed by atoms with Crippen LogP contribution in [-0.2, 0) is 4.79 Å². The van der Waals surface area contributed by atoms with Crippen molar-refractivity contribution < 1.29 is 9.53 Å². The summed E-state index contributed by atoms with van der Waals surface area (Å²) in [6.07, 6.45) is 3.27. The number of ketones is 1. The van der Waals surface area contributed by atoms with E-state index in [2.05, 4.69) is 33.8 Å². The molecule has 21 heavy (non-hydrogen) atoms. The molecule has 0 aromatic carbocycles. The van der Waals surface area contributed by atoms with Gasteiger partial charge in [-0.25, -0.2) is 9.97 Å². The van der Waals surface area contributed by atoms with Gasteiger partial charge < -0.3 is 9.73 Å². The molecule has 0 radical (unpaired) electrons. The number of carbonyl (C=O) groups excluding carboxylic acids is 1. The summed E-state index contributed by atoms with van der Waals surface area (Å²) in [5.41, 5.74) is 1.86. The summed E-state index contributed by atoms with van der Waals surface area (Å²) in [5.74, 6) is 0.803. The van der Waals surface area contributed by atoms with E-state index in [1.54, 1.807) is 13.3 Å². The number of Topliss-reactive ketones (excluding diaryl/α,β-unsaturated/α-hetero) is 1. The smallest absolute Gasteiger partial charge is 0.226 e. The van der Waals surface area contributed by atoms with Crippen LogP contribution in [0, 0.1) is 5.92 Å². The van der Waals surface area contributed by atoms with Crippen LogP contribution in [-0.4, -0.2) is 48.4 Å². The van der Waals surface area contributed by atoms with Gasteiger partial charge in [0.15, 0.2) is 5.78 Å². The Balaban J connectivity index is 2.56. The maximum absolute atomic E-state index is 12.4. The molecule has 0 bridgehead atoms. The van der Waals surface area contributed by atoms with Crippen molar-refractivity contribution in [3.63, 3.8) is 0 Å². The van der Waals surface area contributed by atoms with Crippen molar-refractivity contribution in [3.8, 4) is 5.88 Å². The van der Waals surface area contributed by atoms with Crippen molar-refractivity contribution in [2.24, 2.45) is 15.9 Å². The van der Waals surface area contributed by atoms with E-state index in [0.29, 0.717) is 29.6 Å². The van der Waals surface area contributed by atoms with Gasteiger partial charge in [-0.2, -0.15) is 0 Å². The van der Waals surface area contributed by atoms with E-state index in [-0.39, 0.29) is 18.1 Å². The normalized spacial score (nSPS) is 21.6. The minimum atomic E-state index is -0.0868. The van der Waals surface area contributed by atoms with Crippen molar-refractivity contribution in [3.05, 3.63) is 17.6 Å². The van der Waals surface area contributed by atoms with Crippen molar-refractivity contribution in [1.29, 1.82) is 0 Å². The molecule has 0 N–H and O–H groups in total. The van der Waals surface area contributed by atoms with Gasteiger partial charge in [0, 0.05) is 32.1 Å².